The van der Waals surface area contributed by atoms with Crippen LogP contribution >= 0.6 is 0 Å². The van der Waals surface area contributed by atoms with Crippen LogP contribution in [-0.4, -0.2) is 32.0 Å². The summed E-state index contributed by atoms with van der Waals surface area (Å²) in [6.07, 6.45) is 8.92. The molecule has 5 nitrogen and oxygen atoms in total. The van der Waals surface area contributed by atoms with Crippen LogP contribution in [0.25, 0.3) is 0 Å². The van der Waals surface area contributed by atoms with Gasteiger partial charge in [-0.2, -0.15) is 0 Å². The molecule has 5 heteroatoms. The van der Waals surface area contributed by atoms with E-state index in [9.17, 15) is 5.11 Å². The minimum absolute atomic E-state index is 0.517. The number of nitrogens with zero attached hydrogens (tertiary/aromatic N) is 3. The molecular formula is C16H28N4O. The molecule has 0 atom stereocenters. The Balaban J connectivity index is 1.49. The maximum Gasteiger partial charge on any atom is 0.147 e. The summed E-state index contributed by atoms with van der Waals surface area (Å²) in [5.74, 6) is 2.96. The Morgan fingerprint density at radius 3 is 2.86 bits per heavy atom. The van der Waals surface area contributed by atoms with Crippen molar-refractivity contribution >= 4 is 0 Å². The van der Waals surface area contributed by atoms with E-state index in [4.69, 9.17) is 0 Å². The average molecular weight is 292 g/mol. The molecule has 21 heavy (non-hydrogen) atoms. The van der Waals surface area contributed by atoms with Crippen LogP contribution in [0.2, 0.25) is 0 Å². The molecule has 3 rings (SSSR count). The van der Waals surface area contributed by atoms with Crippen molar-refractivity contribution in [1.29, 1.82) is 0 Å². The zero-order valence-corrected chi connectivity index (χ0v) is 13.1. The highest BCUT2D eigenvalue weighted by Gasteiger charge is 2.32. The molecule has 0 saturated heterocycles. The van der Waals surface area contributed by atoms with Gasteiger partial charge in [0.15, 0.2) is 0 Å². The number of hydrogen-bond acceptors (Lipinski definition) is 4. The number of fused-ring (bicyclic) bond motifs is 1. The lowest BCUT2D eigenvalue weighted by molar-refractivity contribution is -0.00897. The normalized spacial score (nSPS) is 29.3. The van der Waals surface area contributed by atoms with E-state index in [1.54, 1.807) is 0 Å². The summed E-state index contributed by atoms with van der Waals surface area (Å²) in [5.41, 5.74) is -0.517. The Hall–Kier alpha value is -0.940. The molecule has 0 spiro atoms. The van der Waals surface area contributed by atoms with Crippen molar-refractivity contribution in [3.63, 3.8) is 0 Å². The minimum atomic E-state index is -0.517. The average Bonchev–Trinajstić information content (AvgIpc) is 2.92. The second-order valence-electron chi connectivity index (χ2n) is 6.82. The number of aromatic nitrogens is 3. The van der Waals surface area contributed by atoms with Crippen molar-refractivity contribution < 1.29 is 5.11 Å². The van der Waals surface area contributed by atoms with Crippen LogP contribution in [0, 0.1) is 5.92 Å². The van der Waals surface area contributed by atoms with Crippen molar-refractivity contribution in [3.8, 4) is 0 Å². The summed E-state index contributed by atoms with van der Waals surface area (Å²) in [5, 5.41) is 22.6. The van der Waals surface area contributed by atoms with E-state index in [0.717, 1.165) is 56.2 Å². The van der Waals surface area contributed by atoms with Gasteiger partial charge in [0.1, 0.15) is 11.6 Å². The Labute approximate surface area is 127 Å². The molecule has 1 aliphatic heterocycles. The third kappa shape index (κ3) is 3.46. The molecule has 0 unspecified atom stereocenters. The summed E-state index contributed by atoms with van der Waals surface area (Å²) in [6.45, 7) is 4.68. The predicted molar refractivity (Wildman–Crippen MR) is 81.9 cm³/mol. The summed E-state index contributed by atoms with van der Waals surface area (Å²) >= 11 is 0. The summed E-state index contributed by atoms with van der Waals surface area (Å²) in [6, 6.07) is 0. The first-order valence-electron chi connectivity index (χ1n) is 8.54. The van der Waals surface area contributed by atoms with Gasteiger partial charge < -0.3 is 15.0 Å². The molecule has 2 aliphatic rings. The van der Waals surface area contributed by atoms with Crippen molar-refractivity contribution in [1.82, 2.24) is 20.1 Å². The van der Waals surface area contributed by atoms with Gasteiger partial charge in [0.25, 0.3) is 0 Å². The third-order valence-corrected chi connectivity index (χ3v) is 5.29. The van der Waals surface area contributed by atoms with Crippen LogP contribution in [-0.2, 0) is 19.5 Å². The van der Waals surface area contributed by atoms with E-state index in [1.807, 2.05) is 0 Å². The molecule has 2 heterocycles. The smallest absolute Gasteiger partial charge is 0.147 e. The first-order valence-corrected chi connectivity index (χ1v) is 8.54. The number of aliphatic hydroxyl groups is 1. The monoisotopic (exact) mass is 292 g/mol. The molecule has 118 valence electrons. The lowest BCUT2D eigenvalue weighted by Gasteiger charge is -2.36. The number of hydrogen-bond donors (Lipinski definition) is 2. The van der Waals surface area contributed by atoms with E-state index < -0.39 is 5.60 Å². The van der Waals surface area contributed by atoms with E-state index in [2.05, 4.69) is 27.0 Å². The Morgan fingerprint density at radius 2 is 2.10 bits per heavy atom. The van der Waals surface area contributed by atoms with Gasteiger partial charge in [-0.15, -0.1) is 10.2 Å². The maximum atomic E-state index is 10.6. The number of nitrogens with one attached hydrogen (secondary N) is 1. The number of aryl methyl sites for hydroxylation is 1. The molecule has 1 fully saturated rings. The van der Waals surface area contributed by atoms with Crippen molar-refractivity contribution in [2.75, 3.05) is 6.54 Å². The van der Waals surface area contributed by atoms with Gasteiger partial charge in [-0.25, -0.2) is 0 Å². The van der Waals surface area contributed by atoms with Gasteiger partial charge in [-0.3, -0.25) is 0 Å². The largest absolute Gasteiger partial charge is 0.389 e. The van der Waals surface area contributed by atoms with Crippen molar-refractivity contribution in [2.45, 2.75) is 77.0 Å². The van der Waals surface area contributed by atoms with Gasteiger partial charge in [-0.1, -0.05) is 13.3 Å². The highest BCUT2D eigenvalue weighted by molar-refractivity contribution is 4.99. The zero-order valence-electron chi connectivity index (χ0n) is 13.1. The van der Waals surface area contributed by atoms with Crippen LogP contribution < -0.4 is 5.32 Å². The lowest BCUT2D eigenvalue weighted by Crippen LogP contribution is -2.43. The summed E-state index contributed by atoms with van der Waals surface area (Å²) in [4.78, 5) is 0. The molecular weight excluding hydrogens is 264 g/mol. The standard InChI is InChI=1S/C16H28N4O/c1-2-13-6-8-16(21,9-7-13)12-17-11-15-19-18-14-5-3-4-10-20(14)15/h13,17,21H,2-12H2,1H3. The maximum absolute atomic E-state index is 10.6. The summed E-state index contributed by atoms with van der Waals surface area (Å²) in [7, 11) is 0. The van der Waals surface area contributed by atoms with Crippen LogP contribution in [0.5, 0.6) is 0 Å². The highest BCUT2D eigenvalue weighted by Crippen LogP contribution is 2.33. The number of rotatable bonds is 5. The minimum Gasteiger partial charge on any atom is -0.389 e. The molecule has 1 saturated carbocycles. The van der Waals surface area contributed by atoms with Gasteiger partial charge in [-0.05, 0) is 44.4 Å². The van der Waals surface area contributed by atoms with Gasteiger partial charge in [0.2, 0.25) is 0 Å². The molecule has 1 aliphatic carbocycles. The first-order chi connectivity index (χ1) is 10.2. The van der Waals surface area contributed by atoms with E-state index in [1.165, 1.54) is 19.3 Å². The fourth-order valence-electron chi connectivity index (χ4n) is 3.71. The third-order valence-electron chi connectivity index (χ3n) is 5.29. The fraction of sp³-hybridized carbons (Fsp3) is 0.875. The quantitative estimate of drug-likeness (QED) is 0.872. The Morgan fingerprint density at radius 1 is 1.29 bits per heavy atom. The van der Waals surface area contributed by atoms with Crippen molar-refractivity contribution in [2.24, 2.45) is 5.92 Å². The van der Waals surface area contributed by atoms with Crippen LogP contribution in [0.4, 0.5) is 0 Å². The fourth-order valence-corrected chi connectivity index (χ4v) is 3.71. The first kappa shape index (κ1) is 15.0. The highest BCUT2D eigenvalue weighted by atomic mass is 16.3. The van der Waals surface area contributed by atoms with Gasteiger partial charge in [0.05, 0.1) is 12.1 Å². The molecule has 0 bridgehead atoms. The lowest BCUT2D eigenvalue weighted by atomic mass is 9.78. The van der Waals surface area contributed by atoms with E-state index >= 15 is 0 Å². The molecule has 1 aromatic heterocycles. The Kier molecular flexibility index (Phi) is 4.60. The molecule has 2 N–H and O–H groups in total. The molecule has 0 aromatic carbocycles. The van der Waals surface area contributed by atoms with Crippen LogP contribution in [0.1, 0.15) is 63.5 Å². The predicted octanol–water partition coefficient (Wildman–Crippen LogP) is 2.04. The second-order valence-corrected chi connectivity index (χ2v) is 6.82. The van der Waals surface area contributed by atoms with E-state index in [-0.39, 0.29) is 0 Å². The molecule has 0 amide bonds. The van der Waals surface area contributed by atoms with Gasteiger partial charge >= 0.3 is 0 Å². The topological polar surface area (TPSA) is 63.0 Å². The zero-order chi connectivity index (χ0) is 14.7. The van der Waals surface area contributed by atoms with Crippen LogP contribution in [0.15, 0.2) is 0 Å². The Bertz CT molecular complexity index is 463. The SMILES string of the molecule is CCC1CCC(O)(CNCc2nnc3n2CCCC3)CC1. The molecule has 1 aromatic rings. The molecule has 0 radical (unpaired) electrons. The summed E-state index contributed by atoms with van der Waals surface area (Å²) < 4.78 is 2.24. The van der Waals surface area contributed by atoms with Gasteiger partial charge in [0, 0.05) is 19.5 Å². The van der Waals surface area contributed by atoms with Crippen LogP contribution in [0.3, 0.4) is 0 Å². The van der Waals surface area contributed by atoms with E-state index in [0.29, 0.717) is 13.1 Å². The second kappa shape index (κ2) is 6.44. The van der Waals surface area contributed by atoms with Crippen molar-refractivity contribution in [3.05, 3.63) is 11.6 Å².